The number of carbonyl (C=O) groups is 1. The lowest BCUT2D eigenvalue weighted by Gasteiger charge is -1.98. The van der Waals surface area contributed by atoms with Crippen molar-refractivity contribution in [3.8, 4) is 0 Å². The molecule has 12 heavy (non-hydrogen) atoms. The number of pyridine rings is 1. The highest BCUT2D eigenvalue weighted by atomic mass is 16.1. The molecule has 0 aliphatic heterocycles. The molecule has 0 aliphatic rings. The third kappa shape index (κ3) is 2.70. The molecule has 1 rings (SSSR count). The summed E-state index contributed by atoms with van der Waals surface area (Å²) in [6.07, 6.45) is 4.79. The number of amides is 1. The second-order valence-electron chi connectivity index (χ2n) is 2.53. The Morgan fingerprint density at radius 3 is 3.08 bits per heavy atom. The van der Waals surface area contributed by atoms with Crippen LogP contribution in [0.5, 0.6) is 0 Å². The summed E-state index contributed by atoms with van der Waals surface area (Å²) in [6, 6.07) is 3.84. The van der Waals surface area contributed by atoms with Crippen LogP contribution in [-0.4, -0.2) is 17.9 Å². The molecule has 64 valence electrons. The van der Waals surface area contributed by atoms with E-state index in [4.69, 9.17) is 0 Å². The minimum Gasteiger partial charge on any atom is -0.359 e. The molecule has 3 nitrogen and oxygen atoms in total. The first kappa shape index (κ1) is 8.71. The van der Waals surface area contributed by atoms with Gasteiger partial charge in [-0.1, -0.05) is 6.07 Å². The van der Waals surface area contributed by atoms with E-state index in [9.17, 15) is 4.79 Å². The van der Waals surface area contributed by atoms with E-state index >= 15 is 0 Å². The van der Waals surface area contributed by atoms with Gasteiger partial charge in [0.05, 0.1) is 0 Å². The standard InChI is InChI=1S/C9H12N2O/c1-10-9(12)5-4-8-3-2-6-11-7-8/h2-3,6-7H,4-5H2,1H3,(H,10,12). The zero-order valence-corrected chi connectivity index (χ0v) is 7.08. The van der Waals surface area contributed by atoms with E-state index in [0.717, 1.165) is 12.0 Å². The van der Waals surface area contributed by atoms with Gasteiger partial charge in [-0.2, -0.15) is 0 Å². The highest BCUT2D eigenvalue weighted by Gasteiger charge is 1.98. The maximum atomic E-state index is 10.9. The van der Waals surface area contributed by atoms with Crippen LogP contribution in [-0.2, 0) is 11.2 Å². The van der Waals surface area contributed by atoms with Crippen molar-refractivity contribution in [3.05, 3.63) is 30.1 Å². The third-order valence-electron chi connectivity index (χ3n) is 1.64. The average Bonchev–Trinajstić information content (AvgIpc) is 2.16. The molecule has 0 spiro atoms. The number of carbonyl (C=O) groups excluding carboxylic acids is 1. The summed E-state index contributed by atoms with van der Waals surface area (Å²) in [5.41, 5.74) is 1.10. The predicted molar refractivity (Wildman–Crippen MR) is 46.6 cm³/mol. The van der Waals surface area contributed by atoms with Crippen molar-refractivity contribution in [2.75, 3.05) is 7.05 Å². The number of nitrogens with one attached hydrogen (secondary N) is 1. The average molecular weight is 164 g/mol. The molecule has 1 aromatic heterocycles. The molecule has 0 saturated heterocycles. The van der Waals surface area contributed by atoms with Gasteiger partial charge in [0.1, 0.15) is 0 Å². The first-order valence-corrected chi connectivity index (χ1v) is 3.92. The molecule has 0 saturated carbocycles. The number of hydrogen-bond acceptors (Lipinski definition) is 2. The van der Waals surface area contributed by atoms with Crippen LogP contribution in [0.2, 0.25) is 0 Å². The van der Waals surface area contributed by atoms with Crippen LogP contribution in [0.15, 0.2) is 24.5 Å². The van der Waals surface area contributed by atoms with Crippen molar-refractivity contribution in [1.29, 1.82) is 0 Å². The Morgan fingerprint density at radius 2 is 2.50 bits per heavy atom. The normalized spacial score (nSPS) is 9.42. The van der Waals surface area contributed by atoms with E-state index in [1.165, 1.54) is 0 Å². The first-order valence-electron chi connectivity index (χ1n) is 3.92. The number of hydrogen-bond donors (Lipinski definition) is 1. The zero-order chi connectivity index (χ0) is 8.81. The van der Waals surface area contributed by atoms with Crippen LogP contribution >= 0.6 is 0 Å². The Kier molecular flexibility index (Phi) is 3.26. The lowest BCUT2D eigenvalue weighted by Crippen LogP contribution is -2.17. The zero-order valence-electron chi connectivity index (χ0n) is 7.08. The Hall–Kier alpha value is -1.38. The van der Waals surface area contributed by atoms with Gasteiger partial charge in [0.25, 0.3) is 0 Å². The summed E-state index contributed by atoms with van der Waals surface area (Å²) >= 11 is 0. The molecule has 0 aliphatic carbocycles. The lowest BCUT2D eigenvalue weighted by atomic mass is 10.1. The van der Waals surface area contributed by atoms with Crippen molar-refractivity contribution in [2.24, 2.45) is 0 Å². The highest BCUT2D eigenvalue weighted by molar-refractivity contribution is 5.75. The molecule has 0 unspecified atom stereocenters. The van der Waals surface area contributed by atoms with Gasteiger partial charge >= 0.3 is 0 Å². The summed E-state index contributed by atoms with van der Waals surface area (Å²) in [5.74, 6) is 0.0684. The molecule has 0 radical (unpaired) electrons. The quantitative estimate of drug-likeness (QED) is 0.716. The minimum atomic E-state index is 0.0684. The molecular formula is C9H12N2O. The molecule has 0 fully saturated rings. The molecule has 1 aromatic rings. The van der Waals surface area contributed by atoms with E-state index in [1.807, 2.05) is 12.1 Å². The van der Waals surface area contributed by atoms with Gasteiger partial charge in [-0.15, -0.1) is 0 Å². The smallest absolute Gasteiger partial charge is 0.220 e. The van der Waals surface area contributed by atoms with Crippen LogP contribution in [0.1, 0.15) is 12.0 Å². The molecule has 0 aromatic carbocycles. The van der Waals surface area contributed by atoms with Crippen molar-refractivity contribution in [1.82, 2.24) is 10.3 Å². The van der Waals surface area contributed by atoms with Gasteiger partial charge in [0.2, 0.25) is 5.91 Å². The van der Waals surface area contributed by atoms with Gasteiger partial charge in [-0.05, 0) is 18.1 Å². The van der Waals surface area contributed by atoms with Gasteiger partial charge in [0.15, 0.2) is 0 Å². The summed E-state index contributed by atoms with van der Waals surface area (Å²) in [5, 5.41) is 2.58. The Balaban J connectivity index is 2.38. The summed E-state index contributed by atoms with van der Waals surface area (Å²) < 4.78 is 0. The molecule has 3 heteroatoms. The van der Waals surface area contributed by atoms with Crippen LogP contribution in [0.4, 0.5) is 0 Å². The van der Waals surface area contributed by atoms with Gasteiger partial charge in [-0.25, -0.2) is 0 Å². The van der Waals surface area contributed by atoms with E-state index in [0.29, 0.717) is 6.42 Å². The van der Waals surface area contributed by atoms with Crippen LogP contribution in [0.25, 0.3) is 0 Å². The van der Waals surface area contributed by atoms with Crippen LogP contribution < -0.4 is 5.32 Å². The largest absolute Gasteiger partial charge is 0.359 e. The van der Waals surface area contributed by atoms with Gasteiger partial charge < -0.3 is 5.32 Å². The molecule has 1 amide bonds. The second-order valence-corrected chi connectivity index (χ2v) is 2.53. The van der Waals surface area contributed by atoms with Gasteiger partial charge in [-0.3, -0.25) is 9.78 Å². The monoisotopic (exact) mass is 164 g/mol. The van der Waals surface area contributed by atoms with Crippen molar-refractivity contribution in [3.63, 3.8) is 0 Å². The molecule has 0 bridgehead atoms. The third-order valence-corrected chi connectivity index (χ3v) is 1.64. The molecule has 1 heterocycles. The summed E-state index contributed by atoms with van der Waals surface area (Å²) in [7, 11) is 1.64. The minimum absolute atomic E-state index is 0.0684. The Morgan fingerprint density at radius 1 is 1.67 bits per heavy atom. The fraction of sp³-hybridized carbons (Fsp3) is 0.333. The van der Waals surface area contributed by atoms with Crippen molar-refractivity contribution < 1.29 is 4.79 Å². The maximum absolute atomic E-state index is 10.9. The number of aromatic nitrogens is 1. The SMILES string of the molecule is CNC(=O)CCc1cccnc1. The topological polar surface area (TPSA) is 42.0 Å². The second kappa shape index (κ2) is 4.49. The van der Waals surface area contributed by atoms with Crippen molar-refractivity contribution >= 4 is 5.91 Å². The predicted octanol–water partition coefficient (Wildman–Crippen LogP) is 0.760. The van der Waals surface area contributed by atoms with Crippen molar-refractivity contribution in [2.45, 2.75) is 12.8 Å². The molecular weight excluding hydrogens is 152 g/mol. The summed E-state index contributed by atoms with van der Waals surface area (Å²) in [4.78, 5) is 14.8. The van der Waals surface area contributed by atoms with Crippen LogP contribution in [0.3, 0.4) is 0 Å². The lowest BCUT2D eigenvalue weighted by molar-refractivity contribution is -0.120. The van der Waals surface area contributed by atoms with E-state index < -0.39 is 0 Å². The maximum Gasteiger partial charge on any atom is 0.220 e. The number of rotatable bonds is 3. The number of aryl methyl sites for hydroxylation is 1. The fourth-order valence-electron chi connectivity index (χ4n) is 0.929. The molecule has 0 atom stereocenters. The first-order chi connectivity index (χ1) is 5.83. The van der Waals surface area contributed by atoms with E-state index in [-0.39, 0.29) is 5.91 Å². The Bertz CT molecular complexity index is 246. The van der Waals surface area contributed by atoms with E-state index in [1.54, 1.807) is 19.4 Å². The van der Waals surface area contributed by atoms with Gasteiger partial charge in [0, 0.05) is 25.9 Å². The number of nitrogens with zero attached hydrogens (tertiary/aromatic N) is 1. The summed E-state index contributed by atoms with van der Waals surface area (Å²) in [6.45, 7) is 0. The Labute approximate surface area is 71.8 Å². The van der Waals surface area contributed by atoms with Crippen LogP contribution in [0, 0.1) is 0 Å². The fourth-order valence-corrected chi connectivity index (χ4v) is 0.929. The highest BCUT2D eigenvalue weighted by Crippen LogP contribution is 1.99. The molecule has 1 N–H and O–H groups in total. The van der Waals surface area contributed by atoms with E-state index in [2.05, 4.69) is 10.3 Å².